The third kappa shape index (κ3) is 4.49. The zero-order chi connectivity index (χ0) is 11.9. The topological polar surface area (TPSA) is 60.0 Å². The van der Waals surface area contributed by atoms with E-state index >= 15 is 0 Å². The lowest BCUT2D eigenvalue weighted by atomic mass is 10.3. The number of hydrogen-bond acceptors (Lipinski definition) is 5. The Kier molecular flexibility index (Phi) is 5.03. The molecule has 0 aliphatic carbocycles. The summed E-state index contributed by atoms with van der Waals surface area (Å²) in [7, 11) is 0. The molecule has 0 aromatic carbocycles. The van der Waals surface area contributed by atoms with Crippen molar-refractivity contribution in [3.63, 3.8) is 0 Å². The van der Waals surface area contributed by atoms with Gasteiger partial charge in [0, 0.05) is 19.6 Å². The Bertz CT molecular complexity index is 240. The minimum atomic E-state index is -0.333. The zero-order valence-electron chi connectivity index (χ0n) is 10.0. The van der Waals surface area contributed by atoms with E-state index in [9.17, 15) is 4.79 Å². The average Bonchev–Trinajstić information content (AvgIpc) is 2.31. The Morgan fingerprint density at radius 3 is 2.71 bits per heavy atom. The first-order chi connectivity index (χ1) is 8.34. The van der Waals surface area contributed by atoms with Crippen LogP contribution in [0, 0.1) is 0 Å². The molecule has 2 heterocycles. The predicted octanol–water partition coefficient (Wildman–Crippen LogP) is -0.166. The van der Waals surface area contributed by atoms with Crippen molar-refractivity contribution in [2.75, 3.05) is 52.6 Å². The van der Waals surface area contributed by atoms with Gasteiger partial charge in [-0.25, -0.2) is 4.79 Å². The van der Waals surface area contributed by atoms with Crippen LogP contribution in [0.5, 0.6) is 0 Å². The van der Waals surface area contributed by atoms with Crippen molar-refractivity contribution in [3.05, 3.63) is 0 Å². The van der Waals surface area contributed by atoms with Crippen LogP contribution in [0.25, 0.3) is 0 Å². The molecule has 2 fully saturated rings. The summed E-state index contributed by atoms with van der Waals surface area (Å²) in [6.45, 7) is 6.32. The summed E-state index contributed by atoms with van der Waals surface area (Å²) in [5, 5.41) is 2.75. The van der Waals surface area contributed by atoms with Crippen LogP contribution >= 0.6 is 0 Å². The molecule has 1 amide bonds. The maximum absolute atomic E-state index is 11.3. The van der Waals surface area contributed by atoms with Crippen LogP contribution in [-0.4, -0.2) is 69.7 Å². The molecule has 0 atom stereocenters. The molecule has 17 heavy (non-hydrogen) atoms. The number of carbonyl (C=O) groups excluding carboxylic acids is 1. The van der Waals surface area contributed by atoms with Crippen LogP contribution < -0.4 is 5.32 Å². The van der Waals surface area contributed by atoms with Crippen molar-refractivity contribution in [3.8, 4) is 0 Å². The lowest BCUT2D eigenvalue weighted by Gasteiger charge is -2.27. The number of amides is 1. The minimum absolute atomic E-state index is 0.0470. The fourth-order valence-electron chi connectivity index (χ4n) is 1.79. The summed E-state index contributed by atoms with van der Waals surface area (Å²) < 4.78 is 15.3. The Labute approximate surface area is 101 Å². The molecule has 0 aromatic rings. The van der Waals surface area contributed by atoms with Crippen LogP contribution in [0.4, 0.5) is 4.79 Å². The van der Waals surface area contributed by atoms with Gasteiger partial charge in [0.05, 0.1) is 26.4 Å². The SMILES string of the molecule is O=C(NCCCN1CCOCC1)OC1COC1. The molecule has 0 bridgehead atoms. The molecule has 2 aliphatic rings. The molecule has 2 aliphatic heterocycles. The van der Waals surface area contributed by atoms with Gasteiger partial charge in [-0.15, -0.1) is 0 Å². The minimum Gasteiger partial charge on any atom is -0.441 e. The van der Waals surface area contributed by atoms with Crippen LogP contribution in [0.15, 0.2) is 0 Å². The quantitative estimate of drug-likeness (QED) is 0.681. The van der Waals surface area contributed by atoms with Gasteiger partial charge in [-0.1, -0.05) is 0 Å². The van der Waals surface area contributed by atoms with Crippen molar-refractivity contribution in [2.24, 2.45) is 0 Å². The molecule has 2 rings (SSSR count). The van der Waals surface area contributed by atoms with Crippen molar-refractivity contribution in [1.29, 1.82) is 0 Å². The Hall–Kier alpha value is -0.850. The number of alkyl carbamates (subject to hydrolysis) is 1. The second-order valence-electron chi connectivity index (χ2n) is 4.30. The molecule has 0 spiro atoms. The van der Waals surface area contributed by atoms with E-state index in [0.29, 0.717) is 19.8 Å². The summed E-state index contributed by atoms with van der Waals surface area (Å²) in [6.07, 6.45) is 0.561. The van der Waals surface area contributed by atoms with Gasteiger partial charge in [-0.3, -0.25) is 4.90 Å². The molecule has 6 heteroatoms. The number of nitrogens with one attached hydrogen (secondary N) is 1. The monoisotopic (exact) mass is 244 g/mol. The van der Waals surface area contributed by atoms with Gasteiger partial charge < -0.3 is 19.5 Å². The van der Waals surface area contributed by atoms with Gasteiger partial charge in [-0.05, 0) is 13.0 Å². The van der Waals surface area contributed by atoms with Crippen molar-refractivity contribution in [2.45, 2.75) is 12.5 Å². The highest BCUT2D eigenvalue weighted by molar-refractivity contribution is 5.67. The third-order valence-corrected chi connectivity index (χ3v) is 2.91. The van der Waals surface area contributed by atoms with Gasteiger partial charge in [0.1, 0.15) is 0 Å². The van der Waals surface area contributed by atoms with Crippen LogP contribution in [0.3, 0.4) is 0 Å². The Balaban J connectivity index is 1.45. The summed E-state index contributed by atoms with van der Waals surface area (Å²) in [6, 6.07) is 0. The first-order valence-corrected chi connectivity index (χ1v) is 6.17. The van der Waals surface area contributed by atoms with E-state index in [0.717, 1.165) is 39.3 Å². The fourth-order valence-corrected chi connectivity index (χ4v) is 1.79. The number of rotatable bonds is 5. The number of ether oxygens (including phenoxy) is 3. The number of morpholine rings is 1. The summed E-state index contributed by atoms with van der Waals surface area (Å²) in [5.41, 5.74) is 0. The van der Waals surface area contributed by atoms with E-state index in [-0.39, 0.29) is 12.2 Å². The first kappa shape index (κ1) is 12.6. The second kappa shape index (κ2) is 6.78. The van der Waals surface area contributed by atoms with Crippen molar-refractivity contribution >= 4 is 6.09 Å². The zero-order valence-corrected chi connectivity index (χ0v) is 10.0. The molecule has 1 N–H and O–H groups in total. The number of hydrogen-bond donors (Lipinski definition) is 1. The van der Waals surface area contributed by atoms with Crippen molar-refractivity contribution < 1.29 is 19.0 Å². The number of nitrogens with zero attached hydrogens (tertiary/aromatic N) is 1. The fraction of sp³-hybridized carbons (Fsp3) is 0.909. The smallest absolute Gasteiger partial charge is 0.407 e. The lowest BCUT2D eigenvalue weighted by Crippen LogP contribution is -2.41. The van der Waals surface area contributed by atoms with Gasteiger partial charge in [0.2, 0.25) is 0 Å². The second-order valence-corrected chi connectivity index (χ2v) is 4.30. The largest absolute Gasteiger partial charge is 0.441 e. The average molecular weight is 244 g/mol. The molecular formula is C11H20N2O4. The third-order valence-electron chi connectivity index (χ3n) is 2.91. The maximum Gasteiger partial charge on any atom is 0.407 e. The molecule has 0 radical (unpaired) electrons. The standard InChI is InChI=1S/C11H20N2O4/c14-11(17-10-8-16-9-10)12-2-1-3-13-4-6-15-7-5-13/h10H,1-9H2,(H,12,14). The summed E-state index contributed by atoms with van der Waals surface area (Å²) in [5.74, 6) is 0. The van der Waals surface area contributed by atoms with E-state index in [1.165, 1.54) is 0 Å². The predicted molar refractivity (Wildman–Crippen MR) is 61.0 cm³/mol. The molecule has 6 nitrogen and oxygen atoms in total. The van der Waals surface area contributed by atoms with E-state index < -0.39 is 0 Å². The normalized spacial score (nSPS) is 21.9. The molecule has 98 valence electrons. The molecule has 0 saturated carbocycles. The highest BCUT2D eigenvalue weighted by Gasteiger charge is 2.22. The molecule has 0 aromatic heterocycles. The van der Waals surface area contributed by atoms with Gasteiger partial charge in [0.15, 0.2) is 6.10 Å². The number of carbonyl (C=O) groups is 1. The van der Waals surface area contributed by atoms with Gasteiger partial charge >= 0.3 is 6.09 Å². The Morgan fingerprint density at radius 2 is 2.06 bits per heavy atom. The molecular weight excluding hydrogens is 224 g/mol. The van der Waals surface area contributed by atoms with Crippen molar-refractivity contribution in [1.82, 2.24) is 10.2 Å². The first-order valence-electron chi connectivity index (χ1n) is 6.17. The van der Waals surface area contributed by atoms with Crippen LogP contribution in [0.1, 0.15) is 6.42 Å². The Morgan fingerprint density at radius 1 is 1.29 bits per heavy atom. The highest BCUT2D eigenvalue weighted by Crippen LogP contribution is 2.05. The van der Waals surface area contributed by atoms with Crippen LogP contribution in [-0.2, 0) is 14.2 Å². The molecule has 2 saturated heterocycles. The summed E-state index contributed by atoms with van der Waals surface area (Å²) in [4.78, 5) is 13.6. The van der Waals surface area contributed by atoms with Gasteiger partial charge in [-0.2, -0.15) is 0 Å². The maximum atomic E-state index is 11.3. The van der Waals surface area contributed by atoms with Crippen LogP contribution in [0.2, 0.25) is 0 Å². The van der Waals surface area contributed by atoms with E-state index in [1.54, 1.807) is 0 Å². The molecule has 0 unspecified atom stereocenters. The lowest BCUT2D eigenvalue weighted by molar-refractivity contribution is -0.0979. The van der Waals surface area contributed by atoms with Gasteiger partial charge in [0.25, 0.3) is 0 Å². The highest BCUT2D eigenvalue weighted by atomic mass is 16.6. The summed E-state index contributed by atoms with van der Waals surface area (Å²) >= 11 is 0. The van der Waals surface area contributed by atoms with E-state index in [4.69, 9.17) is 14.2 Å². The van der Waals surface area contributed by atoms with E-state index in [2.05, 4.69) is 10.2 Å². The van der Waals surface area contributed by atoms with E-state index in [1.807, 2.05) is 0 Å².